The molecule has 0 atom stereocenters. The van der Waals surface area contributed by atoms with Crippen LogP contribution in [0, 0.1) is 6.92 Å². The fraction of sp³-hybridized carbons (Fsp3) is 0.385. The highest BCUT2D eigenvalue weighted by Crippen LogP contribution is 2.31. The van der Waals surface area contributed by atoms with Crippen molar-refractivity contribution in [1.82, 2.24) is 9.97 Å². The van der Waals surface area contributed by atoms with Gasteiger partial charge in [0, 0.05) is 31.7 Å². The number of aryl methyl sites for hydroxylation is 1. The van der Waals surface area contributed by atoms with Crippen molar-refractivity contribution >= 4 is 21.2 Å². The van der Waals surface area contributed by atoms with Gasteiger partial charge in [-0.25, -0.2) is 13.4 Å². The number of methoxy groups -OCH3 is 1. The lowest BCUT2D eigenvalue weighted by atomic mass is 10.3. The number of aromatic nitrogens is 2. The molecule has 0 aliphatic rings. The number of hydrogen-bond acceptors (Lipinski definition) is 6. The highest BCUT2D eigenvalue weighted by molar-refractivity contribution is 7.93. The average molecular weight is 312 g/mol. The zero-order valence-electron chi connectivity index (χ0n) is 11.4. The molecule has 0 unspecified atom stereocenters. The van der Waals surface area contributed by atoms with Crippen LogP contribution in [-0.2, 0) is 14.6 Å². The third-order valence-electron chi connectivity index (χ3n) is 2.71. The van der Waals surface area contributed by atoms with E-state index in [1.807, 2.05) is 6.07 Å². The Morgan fingerprint density at radius 2 is 2.20 bits per heavy atom. The van der Waals surface area contributed by atoms with Gasteiger partial charge in [0.05, 0.1) is 11.4 Å². The van der Waals surface area contributed by atoms with Crippen molar-refractivity contribution in [3.05, 3.63) is 30.2 Å². The van der Waals surface area contributed by atoms with Gasteiger partial charge in [0.15, 0.2) is 9.84 Å². The fourth-order valence-electron chi connectivity index (χ4n) is 1.77. The van der Waals surface area contributed by atoms with E-state index in [-0.39, 0.29) is 5.75 Å². The molecule has 0 radical (unpaired) electrons. The molecule has 2 aromatic rings. The Hall–Kier alpha value is -1.31. The van der Waals surface area contributed by atoms with Crippen LogP contribution in [0.5, 0.6) is 0 Å². The average Bonchev–Trinajstić information content (AvgIpc) is 2.83. The lowest BCUT2D eigenvalue weighted by Gasteiger charge is -2.01. The largest absolute Gasteiger partial charge is 0.385 e. The molecule has 0 saturated carbocycles. The van der Waals surface area contributed by atoms with Gasteiger partial charge in [-0.3, -0.25) is 4.98 Å². The van der Waals surface area contributed by atoms with Gasteiger partial charge in [0.2, 0.25) is 0 Å². The summed E-state index contributed by atoms with van der Waals surface area (Å²) in [5.41, 5.74) is 1.38. The van der Waals surface area contributed by atoms with Crippen molar-refractivity contribution in [2.45, 2.75) is 17.6 Å². The van der Waals surface area contributed by atoms with Crippen LogP contribution in [0.1, 0.15) is 12.1 Å². The second-order valence-corrected chi connectivity index (χ2v) is 7.60. The first-order valence-electron chi connectivity index (χ1n) is 6.14. The van der Waals surface area contributed by atoms with Crippen molar-refractivity contribution in [3.63, 3.8) is 0 Å². The van der Waals surface area contributed by atoms with Crippen LogP contribution >= 0.6 is 11.3 Å². The summed E-state index contributed by atoms with van der Waals surface area (Å²) in [6.07, 6.45) is 3.84. The maximum atomic E-state index is 12.3. The van der Waals surface area contributed by atoms with Crippen LogP contribution in [0.2, 0.25) is 0 Å². The Morgan fingerprint density at radius 3 is 2.85 bits per heavy atom. The number of nitrogens with zero attached hydrogens (tertiary/aromatic N) is 2. The number of rotatable bonds is 6. The Balaban J connectivity index is 2.28. The Labute approximate surface area is 122 Å². The SMILES string of the molecule is COCCCS(=O)(=O)c1sc(-c2cccnc2)nc1C. The number of ether oxygens (including phenoxy) is 1. The number of thiazole rings is 1. The van der Waals surface area contributed by atoms with Gasteiger partial charge in [-0.15, -0.1) is 11.3 Å². The smallest absolute Gasteiger partial charge is 0.189 e. The number of sulfone groups is 1. The van der Waals surface area contributed by atoms with Crippen LogP contribution in [-0.4, -0.2) is 37.9 Å². The van der Waals surface area contributed by atoms with E-state index in [1.165, 1.54) is 11.3 Å². The van der Waals surface area contributed by atoms with Gasteiger partial charge in [-0.05, 0) is 25.5 Å². The first-order valence-corrected chi connectivity index (χ1v) is 8.61. The molecule has 0 spiro atoms. The summed E-state index contributed by atoms with van der Waals surface area (Å²) in [7, 11) is -1.73. The van der Waals surface area contributed by atoms with Gasteiger partial charge in [-0.2, -0.15) is 0 Å². The van der Waals surface area contributed by atoms with Crippen molar-refractivity contribution in [2.75, 3.05) is 19.5 Å². The van der Waals surface area contributed by atoms with E-state index < -0.39 is 9.84 Å². The molecule has 0 amide bonds. The molecule has 0 aliphatic carbocycles. The fourth-order valence-corrected chi connectivity index (χ4v) is 4.73. The molecule has 0 aromatic carbocycles. The summed E-state index contributed by atoms with van der Waals surface area (Å²) < 4.78 is 29.8. The Kier molecular flexibility index (Phi) is 4.85. The first kappa shape index (κ1) is 15.1. The molecule has 0 N–H and O–H groups in total. The highest BCUT2D eigenvalue weighted by Gasteiger charge is 2.22. The minimum atomic E-state index is -3.29. The molecule has 2 heterocycles. The normalized spacial score (nSPS) is 11.7. The van der Waals surface area contributed by atoms with Crippen molar-refractivity contribution in [3.8, 4) is 10.6 Å². The summed E-state index contributed by atoms with van der Waals surface area (Å²) >= 11 is 1.20. The first-order chi connectivity index (χ1) is 9.54. The predicted molar refractivity (Wildman–Crippen MR) is 78.6 cm³/mol. The zero-order valence-corrected chi connectivity index (χ0v) is 13.0. The second kappa shape index (κ2) is 6.43. The maximum Gasteiger partial charge on any atom is 0.189 e. The van der Waals surface area contributed by atoms with Gasteiger partial charge in [0.25, 0.3) is 0 Å². The van der Waals surface area contributed by atoms with Gasteiger partial charge in [-0.1, -0.05) is 0 Å². The van der Waals surface area contributed by atoms with Crippen LogP contribution in [0.3, 0.4) is 0 Å². The van der Waals surface area contributed by atoms with Crippen molar-refractivity contribution in [2.24, 2.45) is 0 Å². The Bertz CT molecular complexity index is 666. The van der Waals surface area contributed by atoms with E-state index in [2.05, 4.69) is 9.97 Å². The summed E-state index contributed by atoms with van der Waals surface area (Å²) in [6.45, 7) is 2.16. The molecule has 2 aromatic heterocycles. The third-order valence-corrected chi connectivity index (χ3v) is 6.41. The maximum absolute atomic E-state index is 12.3. The minimum Gasteiger partial charge on any atom is -0.385 e. The van der Waals surface area contributed by atoms with E-state index in [0.717, 1.165) is 5.56 Å². The molecule has 0 fully saturated rings. The minimum absolute atomic E-state index is 0.0797. The molecular weight excluding hydrogens is 296 g/mol. The summed E-state index contributed by atoms with van der Waals surface area (Å²) in [5, 5.41) is 0.681. The number of pyridine rings is 1. The topological polar surface area (TPSA) is 69.2 Å². The molecule has 20 heavy (non-hydrogen) atoms. The summed E-state index contributed by atoms with van der Waals surface area (Å²) in [5.74, 6) is 0.0797. The van der Waals surface area contributed by atoms with Crippen LogP contribution < -0.4 is 0 Å². The molecule has 0 bridgehead atoms. The second-order valence-electron chi connectivity index (χ2n) is 4.30. The van der Waals surface area contributed by atoms with Crippen LogP contribution in [0.4, 0.5) is 0 Å². The Morgan fingerprint density at radius 1 is 1.40 bits per heavy atom. The van der Waals surface area contributed by atoms with E-state index in [4.69, 9.17) is 4.74 Å². The van der Waals surface area contributed by atoms with E-state index in [0.29, 0.717) is 27.9 Å². The van der Waals surface area contributed by atoms with Crippen LogP contribution in [0.25, 0.3) is 10.6 Å². The van der Waals surface area contributed by atoms with Gasteiger partial charge < -0.3 is 4.74 Å². The molecule has 0 saturated heterocycles. The lowest BCUT2D eigenvalue weighted by Crippen LogP contribution is -2.08. The van der Waals surface area contributed by atoms with Crippen molar-refractivity contribution in [1.29, 1.82) is 0 Å². The summed E-state index contributed by atoms with van der Waals surface area (Å²) in [4.78, 5) is 8.37. The molecule has 108 valence electrons. The molecule has 0 aliphatic heterocycles. The molecule has 5 nitrogen and oxygen atoms in total. The van der Waals surface area contributed by atoms with Gasteiger partial charge >= 0.3 is 0 Å². The standard InChI is InChI=1S/C13H16N2O3S2/c1-10-13(20(16,17)8-4-7-18-2)19-12(15-10)11-5-3-6-14-9-11/h3,5-6,9H,4,7-8H2,1-2H3. The predicted octanol–water partition coefficient (Wildman–Crippen LogP) is 2.32. The monoisotopic (exact) mass is 312 g/mol. The quantitative estimate of drug-likeness (QED) is 0.766. The number of hydrogen-bond donors (Lipinski definition) is 0. The van der Waals surface area contributed by atoms with Crippen molar-refractivity contribution < 1.29 is 13.2 Å². The van der Waals surface area contributed by atoms with E-state index in [9.17, 15) is 8.42 Å². The summed E-state index contributed by atoms with van der Waals surface area (Å²) in [6, 6.07) is 3.67. The van der Waals surface area contributed by atoms with E-state index in [1.54, 1.807) is 32.5 Å². The third kappa shape index (κ3) is 3.41. The highest BCUT2D eigenvalue weighted by atomic mass is 32.2. The molecular formula is C13H16N2O3S2. The molecule has 2 rings (SSSR count). The molecule has 7 heteroatoms. The zero-order chi connectivity index (χ0) is 14.6. The van der Waals surface area contributed by atoms with Crippen LogP contribution in [0.15, 0.2) is 28.7 Å². The van der Waals surface area contributed by atoms with E-state index >= 15 is 0 Å². The van der Waals surface area contributed by atoms with Gasteiger partial charge in [0.1, 0.15) is 9.22 Å². The lowest BCUT2D eigenvalue weighted by molar-refractivity contribution is 0.199.